The van der Waals surface area contributed by atoms with Crippen LogP contribution in [0.1, 0.15) is 30.0 Å². The number of rotatable bonds is 3. The molecule has 2 aromatic rings. The van der Waals surface area contributed by atoms with Crippen molar-refractivity contribution in [1.82, 2.24) is 0 Å². The molecule has 1 unspecified atom stereocenters. The highest BCUT2D eigenvalue weighted by Gasteiger charge is 2.41. The molecule has 1 aliphatic rings. The summed E-state index contributed by atoms with van der Waals surface area (Å²) >= 11 is 0. The molecule has 1 aliphatic heterocycles. The Balaban J connectivity index is 2.23. The summed E-state index contributed by atoms with van der Waals surface area (Å²) < 4.78 is 11.0. The molecular weight excluding hydrogens is 276 g/mol. The predicted octanol–water partition coefficient (Wildman–Crippen LogP) is 3.88. The fraction of sp³-hybridized carbons (Fsp3) is 0.211. The molecule has 3 heteroatoms. The number of ether oxygens (including phenoxy) is 2. The van der Waals surface area contributed by atoms with E-state index in [-0.39, 0.29) is 5.76 Å². The van der Waals surface area contributed by atoms with Gasteiger partial charge in [0.1, 0.15) is 0 Å². The molecule has 112 valence electrons. The summed E-state index contributed by atoms with van der Waals surface area (Å²) in [6.45, 7) is 2.06. The zero-order valence-electron chi connectivity index (χ0n) is 12.7. The predicted molar refractivity (Wildman–Crippen MR) is 85.0 cm³/mol. The van der Waals surface area contributed by atoms with Crippen molar-refractivity contribution in [3.05, 3.63) is 77.0 Å². The molecule has 3 rings (SSSR count). The van der Waals surface area contributed by atoms with Crippen molar-refractivity contribution in [2.75, 3.05) is 7.11 Å². The Morgan fingerprint density at radius 3 is 2.45 bits per heavy atom. The van der Waals surface area contributed by atoms with Gasteiger partial charge in [0.2, 0.25) is 5.76 Å². The van der Waals surface area contributed by atoms with Crippen LogP contribution in [0.5, 0.6) is 0 Å². The van der Waals surface area contributed by atoms with Crippen molar-refractivity contribution in [1.29, 1.82) is 0 Å². The van der Waals surface area contributed by atoms with Gasteiger partial charge in [-0.3, -0.25) is 0 Å². The SMILES string of the molecule is CCC1(c2ccccc2)OC(C(=O)OC)=Cc2ccccc21. The van der Waals surface area contributed by atoms with Crippen molar-refractivity contribution in [2.24, 2.45) is 0 Å². The van der Waals surface area contributed by atoms with Gasteiger partial charge in [-0.15, -0.1) is 0 Å². The normalized spacial score (nSPS) is 19.6. The first kappa shape index (κ1) is 14.4. The van der Waals surface area contributed by atoms with Gasteiger partial charge in [0, 0.05) is 5.56 Å². The first-order valence-corrected chi connectivity index (χ1v) is 7.35. The Labute approximate surface area is 130 Å². The van der Waals surface area contributed by atoms with Gasteiger partial charge in [-0.25, -0.2) is 4.79 Å². The smallest absolute Gasteiger partial charge is 0.373 e. The lowest BCUT2D eigenvalue weighted by Crippen LogP contribution is -2.35. The highest BCUT2D eigenvalue weighted by molar-refractivity contribution is 5.92. The van der Waals surface area contributed by atoms with Crippen LogP contribution in [0.3, 0.4) is 0 Å². The van der Waals surface area contributed by atoms with Gasteiger partial charge in [-0.1, -0.05) is 61.5 Å². The summed E-state index contributed by atoms with van der Waals surface area (Å²) in [6.07, 6.45) is 2.46. The van der Waals surface area contributed by atoms with E-state index in [9.17, 15) is 4.79 Å². The van der Waals surface area contributed by atoms with Gasteiger partial charge in [-0.2, -0.15) is 0 Å². The lowest BCUT2D eigenvalue weighted by molar-refractivity contribution is -0.143. The number of hydrogen-bond donors (Lipinski definition) is 0. The third-order valence-electron chi connectivity index (χ3n) is 4.09. The highest BCUT2D eigenvalue weighted by atomic mass is 16.6. The van der Waals surface area contributed by atoms with Gasteiger partial charge in [-0.05, 0) is 23.6 Å². The summed E-state index contributed by atoms with van der Waals surface area (Å²) in [5.74, 6) is -0.213. The first-order valence-electron chi connectivity index (χ1n) is 7.35. The topological polar surface area (TPSA) is 35.5 Å². The number of benzene rings is 2. The van der Waals surface area contributed by atoms with Crippen LogP contribution in [0.15, 0.2) is 60.4 Å². The average molecular weight is 294 g/mol. The van der Waals surface area contributed by atoms with Crippen LogP contribution in [-0.2, 0) is 19.9 Å². The van der Waals surface area contributed by atoms with E-state index in [2.05, 4.69) is 13.0 Å². The number of hydrogen-bond acceptors (Lipinski definition) is 3. The van der Waals surface area contributed by atoms with Gasteiger partial charge in [0.15, 0.2) is 5.60 Å². The second-order valence-electron chi connectivity index (χ2n) is 5.24. The zero-order valence-corrected chi connectivity index (χ0v) is 12.7. The third kappa shape index (κ3) is 2.19. The molecule has 0 N–H and O–H groups in total. The van der Waals surface area contributed by atoms with Crippen molar-refractivity contribution >= 4 is 12.0 Å². The van der Waals surface area contributed by atoms with Crippen LogP contribution in [0, 0.1) is 0 Å². The minimum Gasteiger partial charge on any atom is -0.470 e. The molecule has 0 fully saturated rings. The number of methoxy groups -OCH3 is 1. The Hall–Kier alpha value is -2.55. The second kappa shape index (κ2) is 5.68. The van der Waals surface area contributed by atoms with Crippen molar-refractivity contribution in [3.8, 4) is 0 Å². The fourth-order valence-electron chi connectivity index (χ4n) is 2.99. The second-order valence-corrected chi connectivity index (χ2v) is 5.24. The summed E-state index contributed by atoms with van der Waals surface area (Å²) in [6, 6.07) is 18.0. The van der Waals surface area contributed by atoms with E-state index in [1.807, 2.05) is 48.5 Å². The molecule has 0 spiro atoms. The standard InChI is InChI=1S/C19H18O3/c1-3-19(15-10-5-4-6-11-15)16-12-8-7-9-14(16)13-17(22-19)18(20)21-2/h4-13H,3H2,1-2H3. The molecule has 0 radical (unpaired) electrons. The minimum atomic E-state index is -0.671. The van der Waals surface area contributed by atoms with Gasteiger partial charge >= 0.3 is 5.97 Å². The Kier molecular flexibility index (Phi) is 3.72. The van der Waals surface area contributed by atoms with Gasteiger partial charge < -0.3 is 9.47 Å². The maximum Gasteiger partial charge on any atom is 0.373 e. The summed E-state index contributed by atoms with van der Waals surface area (Å²) in [5.41, 5.74) is 2.41. The van der Waals surface area contributed by atoms with E-state index in [0.29, 0.717) is 6.42 Å². The quantitative estimate of drug-likeness (QED) is 0.806. The lowest BCUT2D eigenvalue weighted by Gasteiger charge is -2.38. The monoisotopic (exact) mass is 294 g/mol. The van der Waals surface area contributed by atoms with E-state index in [1.54, 1.807) is 6.08 Å². The van der Waals surface area contributed by atoms with Crippen LogP contribution in [0.4, 0.5) is 0 Å². The maximum atomic E-state index is 12.0. The molecule has 0 aromatic heterocycles. The minimum absolute atomic E-state index is 0.243. The molecule has 22 heavy (non-hydrogen) atoms. The van der Waals surface area contributed by atoms with E-state index in [0.717, 1.165) is 16.7 Å². The Morgan fingerprint density at radius 2 is 1.77 bits per heavy atom. The molecule has 0 aliphatic carbocycles. The largest absolute Gasteiger partial charge is 0.470 e. The molecule has 3 nitrogen and oxygen atoms in total. The van der Waals surface area contributed by atoms with Crippen LogP contribution in [-0.4, -0.2) is 13.1 Å². The Morgan fingerprint density at radius 1 is 1.09 bits per heavy atom. The molecule has 0 amide bonds. The van der Waals surface area contributed by atoms with E-state index >= 15 is 0 Å². The number of carbonyl (C=O) groups excluding carboxylic acids is 1. The third-order valence-corrected chi connectivity index (χ3v) is 4.09. The lowest BCUT2D eigenvalue weighted by atomic mass is 9.80. The molecule has 0 bridgehead atoms. The molecule has 0 saturated heterocycles. The highest BCUT2D eigenvalue weighted by Crippen LogP contribution is 2.44. The maximum absolute atomic E-state index is 12.0. The van der Waals surface area contributed by atoms with Crippen molar-refractivity contribution in [2.45, 2.75) is 18.9 Å². The summed E-state index contributed by atoms with van der Waals surface area (Å²) in [4.78, 5) is 12.0. The van der Waals surface area contributed by atoms with Gasteiger partial charge in [0.25, 0.3) is 0 Å². The average Bonchev–Trinajstić information content (AvgIpc) is 2.60. The van der Waals surface area contributed by atoms with Crippen LogP contribution in [0.2, 0.25) is 0 Å². The van der Waals surface area contributed by atoms with Gasteiger partial charge in [0.05, 0.1) is 7.11 Å². The summed E-state index contributed by atoms with van der Waals surface area (Å²) in [5, 5.41) is 0. The number of carbonyl (C=O) groups is 1. The van der Waals surface area contributed by atoms with E-state index in [4.69, 9.17) is 9.47 Å². The van der Waals surface area contributed by atoms with E-state index < -0.39 is 11.6 Å². The molecule has 2 aromatic carbocycles. The summed E-state index contributed by atoms with van der Waals surface area (Å²) in [7, 11) is 1.36. The molecule has 1 heterocycles. The fourth-order valence-corrected chi connectivity index (χ4v) is 2.99. The van der Waals surface area contributed by atoms with Crippen molar-refractivity contribution < 1.29 is 14.3 Å². The number of esters is 1. The van der Waals surface area contributed by atoms with Crippen molar-refractivity contribution in [3.63, 3.8) is 0 Å². The molecule has 1 atom stereocenters. The number of fused-ring (bicyclic) bond motifs is 1. The molecular formula is C19H18O3. The van der Waals surface area contributed by atoms with Crippen LogP contribution in [0.25, 0.3) is 6.08 Å². The zero-order chi connectivity index (χ0) is 15.6. The van der Waals surface area contributed by atoms with E-state index in [1.165, 1.54) is 7.11 Å². The first-order chi connectivity index (χ1) is 10.7. The molecule has 0 saturated carbocycles. The van der Waals surface area contributed by atoms with Crippen LogP contribution < -0.4 is 0 Å². The Bertz CT molecular complexity index is 718. The van der Waals surface area contributed by atoms with Crippen LogP contribution >= 0.6 is 0 Å².